The highest BCUT2D eigenvalue weighted by atomic mass is 14.9. The second-order valence-electron chi connectivity index (χ2n) is 10.2. The van der Waals surface area contributed by atoms with Gasteiger partial charge in [0.2, 0.25) is 0 Å². The van der Waals surface area contributed by atoms with Gasteiger partial charge >= 0.3 is 0 Å². The van der Waals surface area contributed by atoms with Crippen LogP contribution in [0.2, 0.25) is 0 Å². The molecule has 152 valence electrons. The predicted octanol–water partition coefficient (Wildman–Crippen LogP) is 4.46. The van der Waals surface area contributed by atoms with Crippen LogP contribution in [0.25, 0.3) is 0 Å². The quantitative estimate of drug-likeness (QED) is 0.626. The first-order valence-corrected chi connectivity index (χ1v) is 11.8. The third-order valence-electron chi connectivity index (χ3n) is 7.71. The highest BCUT2D eigenvalue weighted by molar-refractivity contribution is 4.85. The molecule has 0 radical (unpaired) electrons. The highest BCUT2D eigenvalue weighted by Crippen LogP contribution is 2.31. The summed E-state index contributed by atoms with van der Waals surface area (Å²) in [4.78, 5) is 0. The minimum Gasteiger partial charge on any atom is -0.328 e. The molecule has 0 aromatic rings. The van der Waals surface area contributed by atoms with Crippen molar-refractivity contribution in [2.24, 2.45) is 29.4 Å². The average molecular weight is 364 g/mol. The topological polar surface area (TPSA) is 50.1 Å². The number of nitrogens with one attached hydrogen (secondary N) is 2. The van der Waals surface area contributed by atoms with E-state index in [9.17, 15) is 0 Å². The maximum atomic E-state index is 6.06. The lowest BCUT2D eigenvalue weighted by atomic mass is 9.78. The first-order valence-electron chi connectivity index (χ1n) is 11.8. The normalized spacial score (nSPS) is 38.2. The van der Waals surface area contributed by atoms with Gasteiger partial charge in [0.25, 0.3) is 0 Å². The zero-order valence-corrected chi connectivity index (χ0v) is 17.5. The van der Waals surface area contributed by atoms with Gasteiger partial charge in [0.15, 0.2) is 0 Å². The monoisotopic (exact) mass is 363 g/mol. The molecule has 3 heteroatoms. The molecule has 0 amide bonds. The van der Waals surface area contributed by atoms with E-state index >= 15 is 0 Å². The molecule has 0 aromatic carbocycles. The van der Waals surface area contributed by atoms with Gasteiger partial charge in [-0.05, 0) is 101 Å². The highest BCUT2D eigenvalue weighted by Gasteiger charge is 2.28. The molecular weight excluding hydrogens is 318 g/mol. The maximum absolute atomic E-state index is 6.06. The van der Waals surface area contributed by atoms with E-state index in [1.54, 1.807) is 0 Å². The van der Waals surface area contributed by atoms with Crippen LogP contribution in [-0.2, 0) is 0 Å². The second-order valence-corrected chi connectivity index (χ2v) is 10.2. The fraction of sp³-hybridized carbons (Fsp3) is 1.00. The number of nitrogens with two attached hydrogens (primary N) is 1. The Labute approximate surface area is 162 Å². The first kappa shape index (κ1) is 20.6. The lowest BCUT2D eigenvalue weighted by molar-refractivity contribution is 0.195. The fourth-order valence-electron chi connectivity index (χ4n) is 5.96. The SMILES string of the molecule is CC1CC(CNC(C)C2CCCCC2)CC(NCC2CCC(N)CC2)C1. The Hall–Kier alpha value is -0.120. The molecule has 26 heavy (non-hydrogen) atoms. The molecule has 4 unspecified atom stereocenters. The summed E-state index contributed by atoms with van der Waals surface area (Å²) in [6.07, 6.45) is 16.6. The Morgan fingerprint density at radius 1 is 0.846 bits per heavy atom. The van der Waals surface area contributed by atoms with Gasteiger partial charge in [-0.3, -0.25) is 0 Å². The van der Waals surface area contributed by atoms with E-state index in [-0.39, 0.29) is 0 Å². The van der Waals surface area contributed by atoms with Crippen LogP contribution in [0.5, 0.6) is 0 Å². The Balaban J connectivity index is 1.36. The molecule has 0 saturated heterocycles. The van der Waals surface area contributed by atoms with Crippen LogP contribution in [-0.4, -0.2) is 31.2 Å². The molecule has 3 rings (SSSR count). The van der Waals surface area contributed by atoms with E-state index in [4.69, 9.17) is 5.73 Å². The number of rotatable bonds is 7. The van der Waals surface area contributed by atoms with Crippen LogP contribution in [0.15, 0.2) is 0 Å². The fourth-order valence-corrected chi connectivity index (χ4v) is 5.96. The van der Waals surface area contributed by atoms with Crippen LogP contribution in [0.4, 0.5) is 0 Å². The summed E-state index contributed by atoms with van der Waals surface area (Å²) in [5.41, 5.74) is 6.06. The summed E-state index contributed by atoms with van der Waals surface area (Å²) in [6.45, 7) is 7.36. The molecule has 3 saturated carbocycles. The molecule has 3 aliphatic rings. The van der Waals surface area contributed by atoms with Gasteiger partial charge in [-0.25, -0.2) is 0 Å². The molecule has 0 aromatic heterocycles. The molecule has 3 aliphatic carbocycles. The van der Waals surface area contributed by atoms with Crippen molar-refractivity contribution in [1.29, 1.82) is 0 Å². The summed E-state index contributed by atoms with van der Waals surface area (Å²) in [5.74, 6) is 3.53. The van der Waals surface area contributed by atoms with Crippen molar-refractivity contribution in [2.45, 2.75) is 109 Å². The summed E-state index contributed by atoms with van der Waals surface area (Å²) in [6, 6.07) is 1.93. The number of hydrogen-bond acceptors (Lipinski definition) is 3. The van der Waals surface area contributed by atoms with Crippen LogP contribution >= 0.6 is 0 Å². The third kappa shape index (κ3) is 6.49. The van der Waals surface area contributed by atoms with Crippen molar-refractivity contribution in [3.05, 3.63) is 0 Å². The second kappa shape index (κ2) is 10.4. The predicted molar refractivity (Wildman–Crippen MR) is 112 cm³/mol. The Morgan fingerprint density at radius 3 is 2.31 bits per heavy atom. The molecule has 0 heterocycles. The molecule has 4 N–H and O–H groups in total. The van der Waals surface area contributed by atoms with Gasteiger partial charge in [0.05, 0.1) is 0 Å². The standard InChI is InChI=1S/C23H45N3/c1-17-12-20(16-25-18(2)21-6-4-3-5-7-21)14-23(13-17)26-15-19-8-10-22(24)11-9-19/h17-23,25-26H,3-16,24H2,1-2H3. The van der Waals surface area contributed by atoms with Crippen molar-refractivity contribution >= 4 is 0 Å². The van der Waals surface area contributed by atoms with E-state index in [0.29, 0.717) is 12.1 Å². The molecular formula is C23H45N3. The van der Waals surface area contributed by atoms with E-state index in [2.05, 4.69) is 24.5 Å². The van der Waals surface area contributed by atoms with Crippen LogP contribution in [0, 0.1) is 23.7 Å². The summed E-state index contributed by atoms with van der Waals surface area (Å²) < 4.78 is 0. The van der Waals surface area contributed by atoms with Crippen LogP contribution in [0.3, 0.4) is 0 Å². The van der Waals surface area contributed by atoms with Gasteiger partial charge in [-0.1, -0.05) is 26.2 Å². The summed E-state index contributed by atoms with van der Waals surface area (Å²) in [5, 5.41) is 7.88. The van der Waals surface area contributed by atoms with Crippen molar-refractivity contribution < 1.29 is 0 Å². The zero-order valence-electron chi connectivity index (χ0n) is 17.5. The number of hydrogen-bond donors (Lipinski definition) is 3. The minimum absolute atomic E-state index is 0.475. The van der Waals surface area contributed by atoms with Gasteiger partial charge in [0.1, 0.15) is 0 Å². The van der Waals surface area contributed by atoms with Crippen LogP contribution < -0.4 is 16.4 Å². The van der Waals surface area contributed by atoms with E-state index in [1.165, 1.54) is 90.1 Å². The summed E-state index contributed by atoms with van der Waals surface area (Å²) in [7, 11) is 0. The molecule has 0 spiro atoms. The maximum Gasteiger partial charge on any atom is 0.00728 e. The van der Waals surface area contributed by atoms with E-state index in [1.807, 2.05) is 0 Å². The van der Waals surface area contributed by atoms with Gasteiger partial charge in [-0.2, -0.15) is 0 Å². The molecule has 4 atom stereocenters. The molecule has 3 nitrogen and oxygen atoms in total. The van der Waals surface area contributed by atoms with Crippen molar-refractivity contribution in [1.82, 2.24) is 10.6 Å². The van der Waals surface area contributed by atoms with Crippen LogP contribution in [0.1, 0.15) is 90.9 Å². The zero-order chi connectivity index (χ0) is 18.4. The lowest BCUT2D eigenvalue weighted by Crippen LogP contribution is -2.44. The minimum atomic E-state index is 0.475. The van der Waals surface area contributed by atoms with Gasteiger partial charge < -0.3 is 16.4 Å². The lowest BCUT2D eigenvalue weighted by Gasteiger charge is -2.37. The van der Waals surface area contributed by atoms with E-state index in [0.717, 1.165) is 29.7 Å². The Bertz CT molecular complexity index is 385. The Morgan fingerprint density at radius 2 is 1.58 bits per heavy atom. The van der Waals surface area contributed by atoms with Gasteiger partial charge in [-0.15, -0.1) is 0 Å². The first-order chi connectivity index (χ1) is 12.6. The largest absolute Gasteiger partial charge is 0.328 e. The summed E-state index contributed by atoms with van der Waals surface area (Å²) >= 11 is 0. The van der Waals surface area contributed by atoms with Gasteiger partial charge in [0, 0.05) is 18.1 Å². The molecule has 0 bridgehead atoms. The van der Waals surface area contributed by atoms with Crippen molar-refractivity contribution in [3.63, 3.8) is 0 Å². The van der Waals surface area contributed by atoms with E-state index < -0.39 is 0 Å². The smallest absolute Gasteiger partial charge is 0.00728 e. The van der Waals surface area contributed by atoms with Crippen molar-refractivity contribution in [2.75, 3.05) is 13.1 Å². The third-order valence-corrected chi connectivity index (χ3v) is 7.71. The molecule has 0 aliphatic heterocycles. The molecule has 3 fully saturated rings. The van der Waals surface area contributed by atoms with Crippen molar-refractivity contribution in [3.8, 4) is 0 Å². The average Bonchev–Trinajstić information content (AvgIpc) is 2.66. The Kier molecular flexibility index (Phi) is 8.27.